The van der Waals surface area contributed by atoms with Crippen LogP contribution in [-0.4, -0.2) is 21.4 Å². The molecule has 0 unspecified atom stereocenters. The predicted octanol–water partition coefficient (Wildman–Crippen LogP) is 1.54. The van der Waals surface area contributed by atoms with Crippen molar-refractivity contribution in [2.75, 3.05) is 7.11 Å². The third-order valence-corrected chi connectivity index (χ3v) is 4.54. The highest BCUT2D eigenvalue weighted by Crippen LogP contribution is 2.29. The molecular weight excluding hydrogens is 326 g/mol. The van der Waals surface area contributed by atoms with Crippen LogP contribution in [0.25, 0.3) is 11.0 Å². The summed E-state index contributed by atoms with van der Waals surface area (Å²) >= 11 is 0. The smallest absolute Gasteiger partial charge is 0.327 e. The normalized spacial score (nSPS) is 12.2. The molecule has 9 nitrogen and oxygen atoms in total. The van der Waals surface area contributed by atoms with Crippen LogP contribution in [0, 0.1) is 15.3 Å². The Labute approximate surface area is 131 Å². The Morgan fingerprint density at radius 3 is 2.83 bits per heavy atom. The van der Waals surface area contributed by atoms with Gasteiger partial charge in [-0.15, -0.1) is 0 Å². The van der Waals surface area contributed by atoms with Crippen LogP contribution in [0.15, 0.2) is 50.8 Å². The first-order chi connectivity index (χ1) is 11.0. The quantitative estimate of drug-likeness (QED) is 0.402. The highest BCUT2D eigenvalue weighted by atomic mass is 32.2. The molecule has 0 aliphatic rings. The van der Waals surface area contributed by atoms with Gasteiger partial charge in [0, 0.05) is 11.0 Å². The molecule has 0 bridgehead atoms. The number of ether oxygens (including phenoxy) is 1. The predicted molar refractivity (Wildman–Crippen MR) is 77.3 cm³/mol. The summed E-state index contributed by atoms with van der Waals surface area (Å²) < 4.78 is 22.2. The van der Waals surface area contributed by atoms with Gasteiger partial charge in [0.1, 0.15) is 10.6 Å². The maximum atomic E-state index is 12.7. The monoisotopic (exact) mass is 335 g/mol. The highest BCUT2D eigenvalue weighted by molar-refractivity contribution is 7.85. The van der Waals surface area contributed by atoms with Gasteiger partial charge in [0.15, 0.2) is 0 Å². The number of non-ortho nitro benzene ring substituents is 1. The van der Waals surface area contributed by atoms with Crippen LogP contribution in [0.3, 0.4) is 0 Å². The lowest BCUT2D eigenvalue weighted by Gasteiger charge is -2.05. The average molecular weight is 335 g/mol. The van der Waals surface area contributed by atoms with Crippen LogP contribution >= 0.6 is 0 Å². The van der Waals surface area contributed by atoms with E-state index in [-0.39, 0.29) is 20.8 Å². The average Bonchev–Trinajstić information content (AvgIpc) is 2.95. The van der Waals surface area contributed by atoms with Gasteiger partial charge < -0.3 is 9.94 Å². The molecule has 2 aromatic carbocycles. The first-order valence-electron chi connectivity index (χ1n) is 6.25. The van der Waals surface area contributed by atoms with Gasteiger partial charge in [-0.05, 0) is 29.2 Å². The number of aromatic nitrogens is 2. The largest absolute Gasteiger partial charge is 0.497 e. The van der Waals surface area contributed by atoms with E-state index < -0.39 is 21.4 Å². The number of fused-ring (bicyclic) bond motifs is 1. The van der Waals surface area contributed by atoms with E-state index in [1.54, 1.807) is 24.3 Å². The number of hydrogen-bond donors (Lipinski definition) is 0. The van der Waals surface area contributed by atoms with Crippen LogP contribution < -0.4 is 9.64 Å². The standard InChI is InChI=1S/C13H9N3O6S/c1-21-8-3-2-4-9(7-8)23(20)11-6-5-10(15(17)18)12-13(11)16(19)22-14-12/h2-7H,1H3/t23-/m0/s1. The fraction of sp³-hybridized carbons (Fsp3) is 0.0769. The second-order valence-corrected chi connectivity index (χ2v) is 5.86. The maximum absolute atomic E-state index is 12.7. The van der Waals surface area contributed by atoms with E-state index in [9.17, 15) is 19.5 Å². The summed E-state index contributed by atoms with van der Waals surface area (Å²) in [7, 11) is -0.297. The van der Waals surface area contributed by atoms with Gasteiger partial charge in [-0.2, -0.15) is 0 Å². The van der Waals surface area contributed by atoms with E-state index in [4.69, 9.17) is 4.74 Å². The molecule has 0 saturated carbocycles. The van der Waals surface area contributed by atoms with E-state index >= 15 is 0 Å². The number of benzene rings is 2. The van der Waals surface area contributed by atoms with Crippen molar-refractivity contribution in [1.82, 2.24) is 5.16 Å². The first kappa shape index (κ1) is 14.9. The third kappa shape index (κ3) is 2.48. The summed E-state index contributed by atoms with van der Waals surface area (Å²) in [5.41, 5.74) is -0.885. The zero-order chi connectivity index (χ0) is 16.6. The number of rotatable bonds is 4. The van der Waals surface area contributed by atoms with Crippen molar-refractivity contribution in [3.05, 3.63) is 51.7 Å². The molecule has 0 spiro atoms. The van der Waals surface area contributed by atoms with Gasteiger partial charge in [-0.3, -0.25) is 14.7 Å². The molecule has 3 aromatic rings. The molecule has 0 N–H and O–H groups in total. The summed E-state index contributed by atoms with van der Waals surface area (Å²) in [6.45, 7) is 0. The number of methoxy groups -OCH3 is 1. The van der Waals surface area contributed by atoms with Crippen molar-refractivity contribution in [1.29, 1.82) is 0 Å². The minimum atomic E-state index is -1.77. The van der Waals surface area contributed by atoms with Crippen molar-refractivity contribution in [3.63, 3.8) is 0 Å². The van der Waals surface area contributed by atoms with Gasteiger partial charge >= 0.3 is 11.2 Å². The molecule has 1 heterocycles. The topological polar surface area (TPSA) is 122 Å². The lowest BCUT2D eigenvalue weighted by Crippen LogP contribution is -2.24. The molecule has 0 aliphatic carbocycles. The second kappa shape index (κ2) is 5.65. The van der Waals surface area contributed by atoms with Gasteiger partial charge in [0.25, 0.3) is 0 Å². The number of nitrogens with zero attached hydrogens (tertiary/aromatic N) is 3. The van der Waals surface area contributed by atoms with E-state index in [0.29, 0.717) is 10.6 Å². The van der Waals surface area contributed by atoms with Gasteiger partial charge in [-0.1, -0.05) is 6.07 Å². The minimum Gasteiger partial charge on any atom is -0.497 e. The molecule has 1 atom stereocenters. The van der Waals surface area contributed by atoms with E-state index in [1.165, 1.54) is 13.2 Å². The molecule has 0 amide bonds. The lowest BCUT2D eigenvalue weighted by atomic mass is 10.3. The van der Waals surface area contributed by atoms with Crippen LogP contribution in [0.2, 0.25) is 0 Å². The fourth-order valence-electron chi connectivity index (χ4n) is 2.08. The summed E-state index contributed by atoms with van der Waals surface area (Å²) in [6.07, 6.45) is 0. The maximum Gasteiger partial charge on any atom is 0.327 e. The Balaban J connectivity index is 2.20. The molecule has 0 saturated heterocycles. The summed E-state index contributed by atoms with van der Waals surface area (Å²) in [4.78, 5) is 10.7. The summed E-state index contributed by atoms with van der Waals surface area (Å²) in [6, 6.07) is 8.85. The van der Waals surface area contributed by atoms with Crippen molar-refractivity contribution >= 4 is 27.5 Å². The number of hydrogen-bond acceptors (Lipinski definition) is 7. The first-order valence-corrected chi connectivity index (χ1v) is 7.40. The molecule has 10 heteroatoms. The van der Waals surface area contributed by atoms with Crippen LogP contribution in [-0.2, 0) is 10.8 Å². The summed E-state index contributed by atoms with van der Waals surface area (Å²) in [5.74, 6) is 0.495. The molecule has 0 aliphatic heterocycles. The highest BCUT2D eigenvalue weighted by Gasteiger charge is 2.28. The number of nitro benzene ring substituents is 1. The number of nitro groups is 1. The Bertz CT molecular complexity index is 939. The van der Waals surface area contributed by atoms with Gasteiger partial charge in [0.2, 0.25) is 5.52 Å². The van der Waals surface area contributed by atoms with Gasteiger partial charge in [-0.25, -0.2) is 4.21 Å². The Kier molecular flexibility index (Phi) is 3.66. The molecule has 23 heavy (non-hydrogen) atoms. The zero-order valence-corrected chi connectivity index (χ0v) is 12.5. The van der Waals surface area contributed by atoms with E-state index in [2.05, 4.69) is 9.79 Å². The SMILES string of the molecule is COc1cccc([S@](=O)c2ccc([N+](=O)[O-])c3no[n+]([O-])c23)c1. The molecule has 1 aromatic heterocycles. The van der Waals surface area contributed by atoms with Crippen molar-refractivity contribution in [2.24, 2.45) is 0 Å². The van der Waals surface area contributed by atoms with E-state index in [0.717, 1.165) is 6.07 Å². The second-order valence-electron chi connectivity index (χ2n) is 4.41. The Hall–Kier alpha value is -3.01. The minimum absolute atomic E-state index is 0.00966. The fourth-order valence-corrected chi connectivity index (χ4v) is 3.29. The molecule has 0 radical (unpaired) electrons. The Morgan fingerprint density at radius 2 is 2.13 bits per heavy atom. The lowest BCUT2D eigenvalue weighted by molar-refractivity contribution is -0.783. The van der Waals surface area contributed by atoms with Crippen molar-refractivity contribution in [3.8, 4) is 5.75 Å². The molecular formula is C13H9N3O6S. The van der Waals surface area contributed by atoms with Crippen molar-refractivity contribution < 1.29 is 23.4 Å². The van der Waals surface area contributed by atoms with Crippen molar-refractivity contribution in [2.45, 2.75) is 9.79 Å². The van der Waals surface area contributed by atoms with Crippen LogP contribution in [0.5, 0.6) is 5.75 Å². The molecule has 3 rings (SSSR count). The Morgan fingerprint density at radius 1 is 1.35 bits per heavy atom. The van der Waals surface area contributed by atoms with Crippen LogP contribution in [0.1, 0.15) is 0 Å². The molecule has 0 fully saturated rings. The third-order valence-electron chi connectivity index (χ3n) is 3.13. The zero-order valence-electron chi connectivity index (χ0n) is 11.7. The summed E-state index contributed by atoms with van der Waals surface area (Å²) in [5, 5.41) is 26.1. The van der Waals surface area contributed by atoms with E-state index in [1.807, 2.05) is 0 Å². The van der Waals surface area contributed by atoms with Crippen LogP contribution in [0.4, 0.5) is 5.69 Å². The molecule has 118 valence electrons. The van der Waals surface area contributed by atoms with Gasteiger partial charge in [0.05, 0.1) is 28.0 Å².